The standard InChI is InChI=1S/C26H38FN7O/c1-7-10-19(18(5)17(4)15-33(6)11-8-2)16-34-24(20-12-21(27)14-29-13-20)30-22-23(28)31-26(35-9-3)32-25(22)34/h7,10,12-14,17-19H,8-9,11,15-16H2,1-6H3,(H2,28,31,32)/b10-7-/t17-,18?,19?/m0/s1. The summed E-state index contributed by atoms with van der Waals surface area (Å²) in [6.45, 7) is 13.8. The molecule has 0 aromatic carbocycles. The van der Waals surface area contributed by atoms with E-state index in [1.54, 1.807) is 6.20 Å². The van der Waals surface area contributed by atoms with Gasteiger partial charge in [-0.15, -0.1) is 0 Å². The van der Waals surface area contributed by atoms with Gasteiger partial charge in [0.25, 0.3) is 0 Å². The largest absolute Gasteiger partial charge is 0.464 e. The molecule has 0 radical (unpaired) electrons. The molecule has 0 aliphatic carbocycles. The lowest BCUT2D eigenvalue weighted by atomic mass is 9.83. The molecule has 0 aliphatic rings. The van der Waals surface area contributed by atoms with Gasteiger partial charge >= 0.3 is 6.01 Å². The molecule has 3 heterocycles. The quantitative estimate of drug-likeness (QED) is 0.369. The van der Waals surface area contributed by atoms with Crippen molar-refractivity contribution in [3.05, 3.63) is 36.4 Å². The number of pyridine rings is 1. The van der Waals surface area contributed by atoms with Crippen LogP contribution in [-0.2, 0) is 6.54 Å². The maximum Gasteiger partial charge on any atom is 0.320 e. The molecule has 0 fully saturated rings. The highest BCUT2D eigenvalue weighted by molar-refractivity contribution is 5.85. The Morgan fingerprint density at radius 3 is 2.63 bits per heavy atom. The average molecular weight is 484 g/mol. The van der Waals surface area contributed by atoms with Crippen LogP contribution in [0.4, 0.5) is 10.2 Å². The van der Waals surface area contributed by atoms with Gasteiger partial charge in [-0.2, -0.15) is 9.97 Å². The molecule has 0 saturated heterocycles. The van der Waals surface area contributed by atoms with Crippen molar-refractivity contribution >= 4 is 17.0 Å². The molecule has 0 aliphatic heterocycles. The third kappa shape index (κ3) is 6.33. The molecule has 0 amide bonds. The van der Waals surface area contributed by atoms with Crippen molar-refractivity contribution in [1.82, 2.24) is 29.4 Å². The van der Waals surface area contributed by atoms with Crippen LogP contribution in [-0.4, -0.2) is 56.1 Å². The number of ether oxygens (including phenoxy) is 1. The SMILES string of the molecule is C/C=C\C(Cn1c(-c2cncc(F)c2)nc2c(N)nc(OCC)nc21)C(C)[C@@H](C)CN(C)CCC. The second kappa shape index (κ2) is 12.1. The topological polar surface area (TPSA) is 95.0 Å². The van der Waals surface area contributed by atoms with E-state index in [1.165, 1.54) is 12.3 Å². The van der Waals surface area contributed by atoms with E-state index < -0.39 is 5.82 Å². The monoisotopic (exact) mass is 483 g/mol. The van der Waals surface area contributed by atoms with Crippen LogP contribution in [0.15, 0.2) is 30.6 Å². The van der Waals surface area contributed by atoms with Crippen LogP contribution >= 0.6 is 0 Å². The molecule has 0 spiro atoms. The van der Waals surface area contributed by atoms with Crippen molar-refractivity contribution in [3.8, 4) is 17.4 Å². The molecular formula is C26H38FN7O. The van der Waals surface area contributed by atoms with E-state index in [4.69, 9.17) is 15.5 Å². The molecule has 190 valence electrons. The Hall–Kier alpha value is -3.07. The van der Waals surface area contributed by atoms with Gasteiger partial charge in [-0.05, 0) is 57.7 Å². The zero-order valence-electron chi connectivity index (χ0n) is 21.7. The number of nitrogens with zero attached hydrogens (tertiary/aromatic N) is 6. The van der Waals surface area contributed by atoms with Crippen LogP contribution in [0.3, 0.4) is 0 Å². The molecule has 3 aromatic rings. The van der Waals surface area contributed by atoms with E-state index in [0.717, 1.165) is 19.5 Å². The summed E-state index contributed by atoms with van der Waals surface area (Å²) in [5.74, 6) is 1.37. The van der Waals surface area contributed by atoms with E-state index in [0.29, 0.717) is 47.5 Å². The van der Waals surface area contributed by atoms with Gasteiger partial charge in [0.1, 0.15) is 11.6 Å². The minimum atomic E-state index is -0.430. The maximum atomic E-state index is 14.1. The molecule has 3 atom stereocenters. The molecule has 35 heavy (non-hydrogen) atoms. The normalized spacial score (nSPS) is 14.6. The first kappa shape index (κ1) is 26.5. The lowest BCUT2D eigenvalue weighted by Gasteiger charge is -2.30. The van der Waals surface area contributed by atoms with Crippen molar-refractivity contribution in [2.75, 3.05) is 32.5 Å². The van der Waals surface area contributed by atoms with Crippen LogP contribution in [0.2, 0.25) is 0 Å². The third-order valence-electron chi connectivity index (χ3n) is 6.45. The molecular weight excluding hydrogens is 445 g/mol. The summed E-state index contributed by atoms with van der Waals surface area (Å²) < 4.78 is 21.6. The van der Waals surface area contributed by atoms with Gasteiger partial charge in [0, 0.05) is 24.8 Å². The Labute approximate surface area is 207 Å². The Balaban J connectivity index is 2.08. The first-order valence-electron chi connectivity index (χ1n) is 12.4. The van der Waals surface area contributed by atoms with Gasteiger partial charge in [0.2, 0.25) is 0 Å². The second-order valence-electron chi connectivity index (χ2n) is 9.22. The zero-order valence-corrected chi connectivity index (χ0v) is 21.7. The number of imidazole rings is 1. The minimum Gasteiger partial charge on any atom is -0.464 e. The fraction of sp³-hybridized carbons (Fsp3) is 0.538. The Morgan fingerprint density at radius 2 is 1.97 bits per heavy atom. The van der Waals surface area contributed by atoms with Crippen molar-refractivity contribution in [2.24, 2.45) is 17.8 Å². The number of nitrogen functional groups attached to an aromatic ring is 1. The average Bonchev–Trinajstić information content (AvgIpc) is 3.17. The summed E-state index contributed by atoms with van der Waals surface area (Å²) in [4.78, 5) is 20.0. The predicted molar refractivity (Wildman–Crippen MR) is 139 cm³/mol. The number of hydrogen-bond acceptors (Lipinski definition) is 7. The number of nitrogens with two attached hydrogens (primary N) is 1. The second-order valence-corrected chi connectivity index (χ2v) is 9.22. The van der Waals surface area contributed by atoms with E-state index in [2.05, 4.69) is 59.8 Å². The summed E-state index contributed by atoms with van der Waals surface area (Å²) in [7, 11) is 2.17. The van der Waals surface area contributed by atoms with Crippen LogP contribution < -0.4 is 10.5 Å². The summed E-state index contributed by atoms with van der Waals surface area (Å²) >= 11 is 0. The first-order valence-corrected chi connectivity index (χ1v) is 12.4. The van der Waals surface area contributed by atoms with E-state index in [9.17, 15) is 4.39 Å². The van der Waals surface area contributed by atoms with Crippen LogP contribution in [0.1, 0.15) is 41.0 Å². The van der Waals surface area contributed by atoms with Crippen LogP contribution in [0, 0.1) is 23.6 Å². The Kier molecular flexibility index (Phi) is 9.14. The minimum absolute atomic E-state index is 0.189. The summed E-state index contributed by atoms with van der Waals surface area (Å²) in [5.41, 5.74) is 7.84. The molecule has 3 aromatic heterocycles. The Bertz CT molecular complexity index is 1150. The zero-order chi connectivity index (χ0) is 25.5. The lowest BCUT2D eigenvalue weighted by molar-refractivity contribution is 0.204. The van der Waals surface area contributed by atoms with Crippen molar-refractivity contribution < 1.29 is 9.13 Å². The van der Waals surface area contributed by atoms with Gasteiger partial charge in [0.05, 0.1) is 12.8 Å². The highest BCUT2D eigenvalue weighted by Gasteiger charge is 2.26. The van der Waals surface area contributed by atoms with Gasteiger partial charge in [-0.1, -0.05) is 32.9 Å². The maximum absolute atomic E-state index is 14.1. The summed E-state index contributed by atoms with van der Waals surface area (Å²) in [6.07, 6.45) is 8.22. The molecule has 2 unspecified atom stereocenters. The molecule has 2 N–H and O–H groups in total. The number of allylic oxidation sites excluding steroid dienone is 2. The van der Waals surface area contributed by atoms with E-state index >= 15 is 0 Å². The molecule has 9 heteroatoms. The number of anilines is 1. The number of aromatic nitrogens is 5. The third-order valence-corrected chi connectivity index (χ3v) is 6.45. The van der Waals surface area contributed by atoms with E-state index in [1.807, 2.05) is 18.4 Å². The van der Waals surface area contributed by atoms with Crippen LogP contribution in [0.5, 0.6) is 6.01 Å². The lowest BCUT2D eigenvalue weighted by Crippen LogP contribution is -2.32. The number of rotatable bonds is 12. The van der Waals surface area contributed by atoms with Gasteiger partial charge in [0.15, 0.2) is 17.0 Å². The predicted octanol–water partition coefficient (Wildman–Crippen LogP) is 4.81. The number of fused-ring (bicyclic) bond motifs is 1. The highest BCUT2D eigenvalue weighted by Crippen LogP contribution is 2.32. The molecule has 8 nitrogen and oxygen atoms in total. The van der Waals surface area contributed by atoms with Crippen molar-refractivity contribution in [2.45, 2.75) is 47.6 Å². The molecule has 0 saturated carbocycles. The van der Waals surface area contributed by atoms with E-state index in [-0.39, 0.29) is 17.7 Å². The van der Waals surface area contributed by atoms with Crippen molar-refractivity contribution in [1.29, 1.82) is 0 Å². The van der Waals surface area contributed by atoms with Crippen LogP contribution in [0.25, 0.3) is 22.6 Å². The smallest absolute Gasteiger partial charge is 0.320 e. The number of halogens is 1. The van der Waals surface area contributed by atoms with Gasteiger partial charge in [-0.25, -0.2) is 9.37 Å². The Morgan fingerprint density at radius 1 is 1.20 bits per heavy atom. The summed E-state index contributed by atoms with van der Waals surface area (Å²) in [6, 6.07) is 1.63. The van der Waals surface area contributed by atoms with Gasteiger partial charge < -0.3 is 19.9 Å². The molecule has 3 rings (SSSR count). The summed E-state index contributed by atoms with van der Waals surface area (Å²) in [5, 5.41) is 0. The highest BCUT2D eigenvalue weighted by atomic mass is 19.1. The fourth-order valence-corrected chi connectivity index (χ4v) is 4.54. The fourth-order valence-electron chi connectivity index (χ4n) is 4.54. The van der Waals surface area contributed by atoms with Gasteiger partial charge in [-0.3, -0.25) is 4.98 Å². The van der Waals surface area contributed by atoms with Crippen molar-refractivity contribution in [3.63, 3.8) is 0 Å². The first-order chi connectivity index (χ1) is 16.8. The molecule has 0 bridgehead atoms. The number of hydrogen-bond donors (Lipinski definition) is 1.